The summed E-state index contributed by atoms with van der Waals surface area (Å²) < 4.78 is 14.8. The molecular weight excluding hydrogens is 245 g/mol. The van der Waals surface area contributed by atoms with Crippen molar-refractivity contribution in [1.82, 2.24) is 0 Å². The monoisotopic (exact) mass is 265 g/mol. The van der Waals surface area contributed by atoms with Gasteiger partial charge in [0.25, 0.3) is 0 Å². The van der Waals surface area contributed by atoms with Crippen LogP contribution in [-0.4, -0.2) is 23.3 Å². The molecule has 5 rings (SSSR count). The molecule has 0 saturated heterocycles. The molecule has 0 aromatic rings. The third-order valence-corrected chi connectivity index (χ3v) is 7.97. The van der Waals surface area contributed by atoms with Crippen molar-refractivity contribution in [3.8, 4) is 0 Å². The van der Waals surface area contributed by atoms with E-state index in [0.29, 0.717) is 42.6 Å². The highest BCUT2D eigenvalue weighted by atomic mass is 19.1. The first kappa shape index (κ1) is 11.1. The second kappa shape index (κ2) is 2.72. The highest BCUT2D eigenvalue weighted by molar-refractivity contribution is 5.69. The van der Waals surface area contributed by atoms with E-state index >= 15 is 0 Å². The number of hydrogen-bond acceptors (Lipinski definition) is 2. The van der Waals surface area contributed by atoms with Crippen LogP contribution in [0.5, 0.6) is 0 Å². The first-order valence-corrected chi connectivity index (χ1v) is 7.65. The largest absolute Gasteiger partial charge is 0.481 e. The van der Waals surface area contributed by atoms with E-state index in [0.717, 1.165) is 19.3 Å². The maximum atomic E-state index is 14.8. The summed E-state index contributed by atoms with van der Waals surface area (Å²) in [5, 5.41) is 9.24. The predicted octanol–water partition coefficient (Wildman–Crippen LogP) is 1.81. The molecule has 5 fully saturated rings. The van der Waals surface area contributed by atoms with Gasteiger partial charge in [-0.1, -0.05) is 6.42 Å². The molecule has 0 aromatic carbocycles. The molecule has 8 atom stereocenters. The minimum Gasteiger partial charge on any atom is -0.481 e. The van der Waals surface area contributed by atoms with Crippen LogP contribution in [0, 0.1) is 40.4 Å². The van der Waals surface area contributed by atoms with Crippen molar-refractivity contribution in [1.29, 1.82) is 0 Å². The van der Waals surface area contributed by atoms with Crippen LogP contribution in [0.4, 0.5) is 4.39 Å². The van der Waals surface area contributed by atoms with E-state index in [1.54, 1.807) is 0 Å². The summed E-state index contributed by atoms with van der Waals surface area (Å²) >= 11 is 0. The Balaban J connectivity index is 1.56. The third kappa shape index (κ3) is 0.761. The molecule has 5 saturated carbocycles. The van der Waals surface area contributed by atoms with E-state index in [-0.39, 0.29) is 17.3 Å². The number of halogens is 1. The van der Waals surface area contributed by atoms with Gasteiger partial charge < -0.3 is 10.8 Å². The van der Waals surface area contributed by atoms with Crippen molar-refractivity contribution >= 4 is 5.97 Å². The van der Waals surface area contributed by atoms with Gasteiger partial charge in [-0.3, -0.25) is 4.79 Å². The van der Waals surface area contributed by atoms with Crippen LogP contribution in [0.3, 0.4) is 0 Å². The smallest absolute Gasteiger partial charge is 0.303 e. The molecule has 3 N–H and O–H groups in total. The van der Waals surface area contributed by atoms with Gasteiger partial charge >= 0.3 is 5.97 Å². The van der Waals surface area contributed by atoms with Crippen LogP contribution in [0.25, 0.3) is 0 Å². The van der Waals surface area contributed by atoms with Crippen molar-refractivity contribution in [3.05, 3.63) is 0 Å². The molecule has 0 amide bonds. The molecule has 3 unspecified atom stereocenters. The summed E-state index contributed by atoms with van der Waals surface area (Å²) in [6.45, 7) is 0.474. The Morgan fingerprint density at radius 3 is 2.79 bits per heavy atom. The van der Waals surface area contributed by atoms with Gasteiger partial charge in [-0.15, -0.1) is 0 Å². The Kier molecular flexibility index (Phi) is 1.58. The summed E-state index contributed by atoms with van der Waals surface area (Å²) in [4.78, 5) is 11.2. The Bertz CT molecular complexity index is 510. The lowest BCUT2D eigenvalue weighted by atomic mass is 9.25. The van der Waals surface area contributed by atoms with Crippen LogP contribution in [0.2, 0.25) is 0 Å². The first-order chi connectivity index (χ1) is 9.04. The molecule has 19 heavy (non-hydrogen) atoms. The zero-order valence-electron chi connectivity index (χ0n) is 10.9. The van der Waals surface area contributed by atoms with Crippen LogP contribution >= 0.6 is 0 Å². The van der Waals surface area contributed by atoms with Gasteiger partial charge in [0.15, 0.2) is 0 Å². The normalized spacial score (nSPS) is 66.5. The second-order valence-corrected chi connectivity index (χ2v) is 7.76. The third-order valence-electron chi connectivity index (χ3n) is 7.97. The molecule has 0 aliphatic heterocycles. The Labute approximate surface area is 111 Å². The molecule has 0 heterocycles. The van der Waals surface area contributed by atoms with E-state index in [9.17, 15) is 14.3 Å². The molecule has 4 heteroatoms. The zero-order chi connectivity index (χ0) is 13.2. The van der Waals surface area contributed by atoms with E-state index in [1.165, 1.54) is 0 Å². The lowest BCUT2D eigenvalue weighted by molar-refractivity contribution is -0.328. The van der Waals surface area contributed by atoms with Gasteiger partial charge in [0.2, 0.25) is 0 Å². The van der Waals surface area contributed by atoms with Crippen molar-refractivity contribution in [2.75, 3.05) is 6.54 Å². The number of carboxylic acid groups (broad SMARTS) is 1. The highest BCUT2D eigenvalue weighted by Gasteiger charge is 3.01. The van der Waals surface area contributed by atoms with Gasteiger partial charge in [0.1, 0.15) is 5.67 Å². The molecule has 3 nitrogen and oxygen atoms in total. The summed E-state index contributed by atoms with van der Waals surface area (Å²) in [5.41, 5.74) is 4.96. The van der Waals surface area contributed by atoms with Gasteiger partial charge in [-0.25, -0.2) is 4.39 Å². The molecular formula is C15H20FNO2. The quantitative estimate of drug-likeness (QED) is 0.818. The Morgan fingerprint density at radius 1 is 1.32 bits per heavy atom. The maximum absolute atomic E-state index is 14.8. The van der Waals surface area contributed by atoms with Crippen LogP contribution in [-0.2, 0) is 4.79 Å². The van der Waals surface area contributed by atoms with Gasteiger partial charge in [-0.2, -0.15) is 0 Å². The molecule has 0 radical (unpaired) electrons. The second-order valence-electron chi connectivity index (χ2n) is 7.76. The van der Waals surface area contributed by atoms with Crippen molar-refractivity contribution < 1.29 is 14.3 Å². The summed E-state index contributed by atoms with van der Waals surface area (Å²) in [7, 11) is 0. The van der Waals surface area contributed by atoms with Gasteiger partial charge in [0.05, 0.1) is 6.42 Å². The average molecular weight is 265 g/mol. The van der Waals surface area contributed by atoms with Gasteiger partial charge in [0, 0.05) is 11.3 Å². The number of alkyl halides is 1. The lowest BCUT2D eigenvalue weighted by Crippen LogP contribution is -2.78. The van der Waals surface area contributed by atoms with Crippen LogP contribution in [0.15, 0.2) is 0 Å². The van der Waals surface area contributed by atoms with Crippen molar-refractivity contribution in [2.45, 2.75) is 37.8 Å². The molecule has 5 aliphatic carbocycles. The fraction of sp³-hybridized carbons (Fsp3) is 0.933. The number of fused-ring (bicyclic) bond motifs is 2. The van der Waals surface area contributed by atoms with E-state index in [4.69, 9.17) is 5.73 Å². The maximum Gasteiger partial charge on any atom is 0.303 e. The Hall–Kier alpha value is -0.640. The lowest BCUT2D eigenvalue weighted by Gasteiger charge is -2.78. The van der Waals surface area contributed by atoms with E-state index in [2.05, 4.69) is 0 Å². The molecule has 0 bridgehead atoms. The van der Waals surface area contributed by atoms with Crippen molar-refractivity contribution in [2.24, 2.45) is 46.2 Å². The number of carbonyl (C=O) groups is 1. The fourth-order valence-corrected chi connectivity index (χ4v) is 7.68. The predicted molar refractivity (Wildman–Crippen MR) is 65.9 cm³/mol. The van der Waals surface area contributed by atoms with Crippen LogP contribution in [0.1, 0.15) is 32.1 Å². The molecule has 5 aliphatic rings. The van der Waals surface area contributed by atoms with E-state index in [1.807, 2.05) is 0 Å². The summed E-state index contributed by atoms with van der Waals surface area (Å²) in [6, 6.07) is 0. The number of hydrogen-bond donors (Lipinski definition) is 2. The van der Waals surface area contributed by atoms with Crippen molar-refractivity contribution in [3.63, 3.8) is 0 Å². The van der Waals surface area contributed by atoms with E-state index < -0.39 is 11.6 Å². The first-order valence-electron chi connectivity index (χ1n) is 7.65. The Morgan fingerprint density at radius 2 is 2.11 bits per heavy atom. The summed E-state index contributed by atoms with van der Waals surface area (Å²) in [5.74, 6) is 1.34. The molecule has 0 aromatic heterocycles. The SMILES string of the molecule is NC[C@@]1(CC(=O)O)[C@@H]2C3CC4(F)[C@@H]5CCC[C@H]1[C@H]2C354. The summed E-state index contributed by atoms with van der Waals surface area (Å²) in [6.07, 6.45) is 4.08. The number of rotatable bonds is 3. The number of nitrogens with two attached hydrogens (primary N) is 1. The standard InChI is InChI=1S/C15H20FNO2/c16-14-4-8-11-12-7(13(11,6-17)5-10(18)19)2-1-3-9(14)15(8,12)14/h7-9,11-12H,1-6,17H2,(H,18,19)/t7-,8?,9-,11+,12+,13+,14?,15?/m0/s1. The number of aliphatic carboxylic acids is 1. The minimum atomic E-state index is -0.846. The average Bonchev–Trinajstić information content (AvgIpc) is 2.87. The molecule has 104 valence electrons. The fourth-order valence-electron chi connectivity index (χ4n) is 7.68. The molecule has 1 spiro atoms. The van der Waals surface area contributed by atoms with Gasteiger partial charge in [-0.05, 0) is 54.9 Å². The van der Waals surface area contributed by atoms with Crippen LogP contribution < -0.4 is 5.73 Å². The topological polar surface area (TPSA) is 63.3 Å². The highest BCUT2D eigenvalue weighted by Crippen LogP contribution is 2.99. The number of carboxylic acids is 1. The minimum absolute atomic E-state index is 0.00993. The zero-order valence-corrected chi connectivity index (χ0v) is 10.9.